The van der Waals surface area contributed by atoms with Gasteiger partial charge in [-0.05, 0) is 0 Å². The Kier molecular flexibility index (Phi) is 4.41. The van der Waals surface area contributed by atoms with Crippen molar-refractivity contribution in [1.29, 1.82) is 0 Å². The quantitative estimate of drug-likeness (QED) is 0.449. The first kappa shape index (κ1) is 15.1. The molecule has 108 valence electrons. The van der Waals surface area contributed by atoms with Gasteiger partial charge in [-0.1, -0.05) is 0 Å². The Morgan fingerprint density at radius 2 is 1.40 bits per heavy atom. The van der Waals surface area contributed by atoms with Crippen LogP contribution >= 0.6 is 0 Å². The van der Waals surface area contributed by atoms with E-state index in [1.807, 2.05) is 0 Å². The number of carbonyl (C=O) groups is 1. The fourth-order valence-corrected chi connectivity index (χ4v) is 1.58. The fourth-order valence-electron chi connectivity index (χ4n) is 1.58. The summed E-state index contributed by atoms with van der Waals surface area (Å²) in [6, 6.07) is 0.961. The normalized spacial score (nSPS) is 9.75. The zero-order valence-electron chi connectivity index (χ0n) is 10.7. The molecule has 0 saturated heterocycles. The predicted molar refractivity (Wildman–Crippen MR) is 64.2 cm³/mol. The van der Waals surface area contributed by atoms with Gasteiger partial charge in [0.15, 0.2) is 0 Å². The molecule has 0 aromatic heterocycles. The van der Waals surface area contributed by atoms with Crippen LogP contribution in [0.4, 0.5) is 11.4 Å². The lowest BCUT2D eigenvalue weighted by Crippen LogP contribution is -2.11. The average molecular weight is 286 g/mol. The van der Waals surface area contributed by atoms with Crippen molar-refractivity contribution in [3.63, 3.8) is 0 Å². The number of hydrogen-bond donors (Lipinski definition) is 0. The minimum absolute atomic E-state index is 0.349. The molecular weight excluding hydrogens is 276 g/mol. The maximum Gasteiger partial charge on any atom is 0.352 e. The molecule has 1 aromatic rings. The van der Waals surface area contributed by atoms with Crippen molar-refractivity contribution in [2.75, 3.05) is 21.3 Å². The lowest BCUT2D eigenvalue weighted by Gasteiger charge is -2.09. The molecule has 0 aliphatic carbocycles. The minimum Gasteiger partial charge on any atom is -0.490 e. The molecule has 0 amide bonds. The zero-order valence-corrected chi connectivity index (χ0v) is 10.7. The second-order valence-electron chi connectivity index (χ2n) is 3.36. The van der Waals surface area contributed by atoms with Crippen LogP contribution in [-0.4, -0.2) is 37.1 Å². The van der Waals surface area contributed by atoms with Gasteiger partial charge in [0.05, 0.1) is 31.2 Å². The third-order valence-electron chi connectivity index (χ3n) is 2.40. The van der Waals surface area contributed by atoms with Gasteiger partial charge >= 0.3 is 17.3 Å². The summed E-state index contributed by atoms with van der Waals surface area (Å²) in [4.78, 5) is 31.8. The Balaban J connectivity index is 3.90. The van der Waals surface area contributed by atoms with E-state index in [0.29, 0.717) is 0 Å². The second kappa shape index (κ2) is 5.82. The first-order valence-electron chi connectivity index (χ1n) is 5.05. The van der Waals surface area contributed by atoms with Crippen molar-refractivity contribution in [2.45, 2.75) is 0 Å². The van der Waals surface area contributed by atoms with E-state index in [1.165, 1.54) is 0 Å². The predicted octanol–water partition coefficient (Wildman–Crippen LogP) is 1.31. The average Bonchev–Trinajstić information content (AvgIpc) is 2.43. The monoisotopic (exact) mass is 286 g/mol. The first-order chi connectivity index (χ1) is 9.38. The number of esters is 1. The molecule has 0 fully saturated rings. The molecule has 20 heavy (non-hydrogen) atoms. The third-order valence-corrected chi connectivity index (χ3v) is 2.40. The third kappa shape index (κ3) is 2.43. The highest BCUT2D eigenvalue weighted by atomic mass is 16.6. The van der Waals surface area contributed by atoms with Gasteiger partial charge < -0.3 is 14.2 Å². The number of benzene rings is 1. The highest BCUT2D eigenvalue weighted by molar-refractivity contribution is 6.01. The standard InChI is InChI=1S/C10H10N2O8/c1-18-5-4-6(19-2)9(12(16)17)7(10(13)20-3)8(5)11(14)15/h4H,1-3H3. The lowest BCUT2D eigenvalue weighted by atomic mass is 10.1. The van der Waals surface area contributed by atoms with E-state index >= 15 is 0 Å². The molecular formula is C10H10N2O8. The number of nitro groups is 2. The highest BCUT2D eigenvalue weighted by Gasteiger charge is 2.39. The Hall–Kier alpha value is -2.91. The minimum atomic E-state index is -1.24. The summed E-state index contributed by atoms with van der Waals surface area (Å²) in [6.07, 6.45) is 0. The van der Waals surface area contributed by atoms with Crippen molar-refractivity contribution in [1.82, 2.24) is 0 Å². The number of hydrogen-bond acceptors (Lipinski definition) is 8. The smallest absolute Gasteiger partial charge is 0.352 e. The largest absolute Gasteiger partial charge is 0.490 e. The number of ether oxygens (including phenoxy) is 3. The van der Waals surface area contributed by atoms with Gasteiger partial charge in [0.1, 0.15) is 0 Å². The van der Waals surface area contributed by atoms with Crippen molar-refractivity contribution < 1.29 is 28.9 Å². The molecule has 0 spiro atoms. The van der Waals surface area contributed by atoms with Crippen LogP contribution in [0.5, 0.6) is 11.5 Å². The number of carbonyl (C=O) groups excluding carboxylic acids is 1. The molecule has 10 heteroatoms. The van der Waals surface area contributed by atoms with Gasteiger partial charge in [-0.15, -0.1) is 0 Å². The van der Waals surface area contributed by atoms with E-state index in [-0.39, 0.29) is 11.5 Å². The molecule has 0 heterocycles. The molecule has 1 aromatic carbocycles. The maximum absolute atomic E-state index is 11.7. The SMILES string of the molecule is COC(=O)c1c([N+](=O)[O-])c(OC)cc(OC)c1[N+](=O)[O-]. The van der Waals surface area contributed by atoms with E-state index in [0.717, 1.165) is 27.4 Å². The molecule has 0 aliphatic heterocycles. The summed E-state index contributed by atoms with van der Waals surface area (Å²) in [7, 11) is 3.19. The van der Waals surface area contributed by atoms with Crippen molar-refractivity contribution in [3.05, 3.63) is 31.9 Å². The van der Waals surface area contributed by atoms with Crippen LogP contribution in [-0.2, 0) is 4.74 Å². The van der Waals surface area contributed by atoms with Crippen LogP contribution < -0.4 is 9.47 Å². The van der Waals surface area contributed by atoms with E-state index in [2.05, 4.69) is 4.74 Å². The summed E-state index contributed by atoms with van der Waals surface area (Å²) >= 11 is 0. The molecule has 10 nitrogen and oxygen atoms in total. The molecule has 0 radical (unpaired) electrons. The highest BCUT2D eigenvalue weighted by Crippen LogP contribution is 2.43. The van der Waals surface area contributed by atoms with E-state index < -0.39 is 32.8 Å². The van der Waals surface area contributed by atoms with Crippen LogP contribution in [0, 0.1) is 20.2 Å². The van der Waals surface area contributed by atoms with Crippen LogP contribution in [0.25, 0.3) is 0 Å². The van der Waals surface area contributed by atoms with Crippen LogP contribution in [0.15, 0.2) is 6.07 Å². The van der Waals surface area contributed by atoms with Crippen LogP contribution in [0.1, 0.15) is 10.4 Å². The van der Waals surface area contributed by atoms with Gasteiger partial charge in [-0.2, -0.15) is 0 Å². The van der Waals surface area contributed by atoms with E-state index in [4.69, 9.17) is 9.47 Å². The number of nitrogens with zero attached hydrogens (tertiary/aromatic N) is 2. The summed E-state index contributed by atoms with van der Waals surface area (Å²) in [5.41, 5.74) is -2.54. The molecule has 0 aliphatic rings. The van der Waals surface area contributed by atoms with Gasteiger partial charge in [-0.3, -0.25) is 20.2 Å². The Morgan fingerprint density at radius 3 is 1.65 bits per heavy atom. The van der Waals surface area contributed by atoms with Crippen LogP contribution in [0.2, 0.25) is 0 Å². The molecule has 0 N–H and O–H groups in total. The van der Waals surface area contributed by atoms with Crippen LogP contribution in [0.3, 0.4) is 0 Å². The van der Waals surface area contributed by atoms with E-state index in [9.17, 15) is 25.0 Å². The summed E-state index contributed by atoms with van der Waals surface area (Å²) in [5.74, 6) is -1.93. The van der Waals surface area contributed by atoms with Crippen molar-refractivity contribution in [3.8, 4) is 11.5 Å². The molecule has 1 rings (SSSR count). The topological polar surface area (TPSA) is 131 Å². The summed E-state index contributed by atoms with van der Waals surface area (Å²) < 4.78 is 13.9. The number of methoxy groups -OCH3 is 3. The molecule has 0 saturated carbocycles. The Labute approximate surface area is 112 Å². The summed E-state index contributed by atoms with van der Waals surface area (Å²) in [5, 5.41) is 22.1. The van der Waals surface area contributed by atoms with E-state index in [1.54, 1.807) is 0 Å². The molecule has 0 unspecified atom stereocenters. The van der Waals surface area contributed by atoms with Gasteiger partial charge in [-0.25, -0.2) is 4.79 Å². The maximum atomic E-state index is 11.7. The Bertz CT molecular complexity index is 543. The summed E-state index contributed by atoms with van der Waals surface area (Å²) in [6.45, 7) is 0. The number of nitro benzene ring substituents is 2. The van der Waals surface area contributed by atoms with Crippen molar-refractivity contribution >= 4 is 17.3 Å². The Morgan fingerprint density at radius 1 is 1.00 bits per heavy atom. The zero-order chi connectivity index (χ0) is 15.4. The van der Waals surface area contributed by atoms with Gasteiger partial charge in [0.25, 0.3) is 0 Å². The first-order valence-corrected chi connectivity index (χ1v) is 5.05. The van der Waals surface area contributed by atoms with Crippen molar-refractivity contribution in [2.24, 2.45) is 0 Å². The van der Waals surface area contributed by atoms with Gasteiger partial charge in [0, 0.05) is 6.07 Å². The fraction of sp³-hybridized carbons (Fsp3) is 0.300. The molecule has 0 atom stereocenters. The molecule has 0 bridgehead atoms. The second-order valence-corrected chi connectivity index (χ2v) is 3.36. The number of rotatable bonds is 5. The lowest BCUT2D eigenvalue weighted by molar-refractivity contribution is -0.395. The van der Waals surface area contributed by atoms with Gasteiger partial charge in [0.2, 0.25) is 17.1 Å².